The van der Waals surface area contributed by atoms with Gasteiger partial charge in [0.1, 0.15) is 11.5 Å². The second-order valence-electron chi connectivity index (χ2n) is 10.2. The molecule has 6 nitrogen and oxygen atoms in total. The predicted molar refractivity (Wildman–Crippen MR) is 171 cm³/mol. The smallest absolute Gasteiger partial charge is 0.395 e. The van der Waals surface area contributed by atoms with Crippen LogP contribution in [0, 0.1) is 0 Å². The van der Waals surface area contributed by atoms with Crippen LogP contribution in [-0.2, 0) is 15.5 Å². The fraction of sp³-hybridized carbons (Fsp3) is 0.0833. The molecule has 0 fully saturated rings. The van der Waals surface area contributed by atoms with Crippen LogP contribution in [0.5, 0.6) is 11.5 Å². The summed E-state index contributed by atoms with van der Waals surface area (Å²) in [5, 5.41) is 7.36. The van der Waals surface area contributed by atoms with E-state index in [0.29, 0.717) is 23.5 Å². The number of hydrogen-bond acceptors (Lipinski definition) is 5. The number of nitrogens with one attached hydrogen (secondary N) is 1. The van der Waals surface area contributed by atoms with Crippen LogP contribution in [0.2, 0.25) is 0 Å². The van der Waals surface area contributed by atoms with Crippen molar-refractivity contribution in [2.45, 2.75) is 12.5 Å². The highest BCUT2D eigenvalue weighted by Gasteiger charge is 2.32. The summed E-state index contributed by atoms with van der Waals surface area (Å²) in [6.45, 7) is -0.115. The van der Waals surface area contributed by atoms with Gasteiger partial charge < -0.3 is 14.4 Å². The standard InChI is InChI=1S/C36H30NO5P/c38-36(31-21-20-30-23-28-14-10-11-15-29(28)24-32(30)25-31)37-33(22-27-12-4-1-5-13-27)26-40-43(39,41-34-16-6-2-7-17-34)42-35-18-8-3-9-19-35/h1-21,23-25,33H,22,26H2,(H,37,38)/t33-/m0/s1. The SMILES string of the molecule is O=C(N[C@H](COP(=O)(Oc1ccccc1)Oc1ccccc1)Cc1ccccc1)c1ccc2cc3ccccc3cc2c1. The van der Waals surface area contributed by atoms with E-state index in [1.165, 1.54) is 0 Å². The Hall–Kier alpha value is -4.90. The molecule has 6 rings (SSSR count). The van der Waals surface area contributed by atoms with E-state index in [4.69, 9.17) is 13.6 Å². The second-order valence-corrected chi connectivity index (χ2v) is 11.7. The number of carbonyl (C=O) groups excluding carboxylic acids is 1. The number of rotatable bonds is 11. The Bertz CT molecular complexity index is 1830. The summed E-state index contributed by atoms with van der Waals surface area (Å²) in [7, 11) is -4.14. The van der Waals surface area contributed by atoms with Gasteiger partial charge in [-0.25, -0.2) is 4.57 Å². The molecule has 0 radical (unpaired) electrons. The first-order chi connectivity index (χ1) is 21.0. The van der Waals surface area contributed by atoms with Crippen molar-refractivity contribution in [1.29, 1.82) is 0 Å². The normalized spacial score (nSPS) is 12.1. The molecular weight excluding hydrogens is 557 g/mol. The summed E-state index contributed by atoms with van der Waals surface area (Å²) in [4.78, 5) is 13.6. The molecule has 0 heterocycles. The minimum atomic E-state index is -4.14. The molecule has 1 N–H and O–H groups in total. The molecule has 43 heavy (non-hydrogen) atoms. The highest BCUT2D eigenvalue weighted by atomic mass is 31.2. The van der Waals surface area contributed by atoms with Crippen LogP contribution in [0.4, 0.5) is 0 Å². The van der Waals surface area contributed by atoms with E-state index in [-0.39, 0.29) is 12.5 Å². The van der Waals surface area contributed by atoms with Crippen molar-refractivity contribution in [3.63, 3.8) is 0 Å². The summed E-state index contributed by atoms with van der Waals surface area (Å²) in [6.07, 6.45) is 0.446. The first-order valence-electron chi connectivity index (χ1n) is 14.0. The van der Waals surface area contributed by atoms with Crippen LogP contribution in [0.1, 0.15) is 15.9 Å². The lowest BCUT2D eigenvalue weighted by Crippen LogP contribution is -2.40. The quantitative estimate of drug-likeness (QED) is 0.121. The molecule has 0 saturated carbocycles. The van der Waals surface area contributed by atoms with E-state index in [1.54, 1.807) is 48.5 Å². The molecule has 0 aromatic heterocycles. The summed E-state index contributed by atoms with van der Waals surface area (Å²) in [6, 6.07) is 44.7. The molecule has 1 amide bonds. The fourth-order valence-corrected chi connectivity index (χ4v) is 6.14. The minimum Gasteiger partial charge on any atom is -0.395 e. The molecule has 7 heteroatoms. The van der Waals surface area contributed by atoms with Crippen molar-refractivity contribution < 1.29 is 22.9 Å². The highest BCUT2D eigenvalue weighted by Crippen LogP contribution is 2.49. The maximum atomic E-state index is 13.9. The Morgan fingerprint density at radius 1 is 0.605 bits per heavy atom. The lowest BCUT2D eigenvalue weighted by Gasteiger charge is -2.23. The van der Waals surface area contributed by atoms with E-state index in [1.807, 2.05) is 72.8 Å². The molecule has 6 aromatic rings. The summed E-state index contributed by atoms with van der Waals surface area (Å²) in [5.74, 6) is 0.422. The largest absolute Gasteiger partial charge is 0.587 e. The van der Waals surface area contributed by atoms with Gasteiger partial charge in [-0.05, 0) is 82.1 Å². The van der Waals surface area contributed by atoms with E-state index < -0.39 is 13.9 Å². The Morgan fingerprint density at radius 3 is 1.72 bits per heavy atom. The molecule has 0 aliphatic rings. The summed E-state index contributed by atoms with van der Waals surface area (Å²) >= 11 is 0. The van der Waals surface area contributed by atoms with E-state index >= 15 is 0 Å². The van der Waals surface area contributed by atoms with Gasteiger partial charge in [0.25, 0.3) is 5.91 Å². The Labute approximate surface area is 250 Å². The zero-order valence-corrected chi connectivity index (χ0v) is 24.2. The zero-order valence-electron chi connectivity index (χ0n) is 23.3. The van der Waals surface area contributed by atoms with Gasteiger partial charge in [0.05, 0.1) is 12.6 Å². The molecule has 1 atom stereocenters. The molecule has 0 saturated heterocycles. The summed E-state index contributed by atoms with van der Waals surface area (Å²) < 4.78 is 31.4. The molecule has 6 aromatic carbocycles. The monoisotopic (exact) mass is 587 g/mol. The van der Waals surface area contributed by atoms with Crippen molar-refractivity contribution in [3.05, 3.63) is 157 Å². The Balaban J connectivity index is 1.24. The second kappa shape index (κ2) is 13.0. The van der Waals surface area contributed by atoms with E-state index in [9.17, 15) is 9.36 Å². The number of benzene rings is 6. The van der Waals surface area contributed by atoms with Gasteiger partial charge in [-0.15, -0.1) is 0 Å². The lowest BCUT2D eigenvalue weighted by molar-refractivity contribution is 0.0912. The number of carbonyl (C=O) groups is 1. The number of para-hydroxylation sites is 2. The van der Waals surface area contributed by atoms with Gasteiger partial charge in [-0.2, -0.15) is 0 Å². The average molecular weight is 588 g/mol. The predicted octanol–water partition coefficient (Wildman–Crippen LogP) is 8.62. The maximum Gasteiger partial charge on any atom is 0.587 e. The van der Waals surface area contributed by atoms with Gasteiger partial charge in [0, 0.05) is 5.56 Å². The number of phosphoric acid groups is 1. The van der Waals surface area contributed by atoms with Gasteiger partial charge in [0.15, 0.2) is 0 Å². The van der Waals surface area contributed by atoms with Crippen molar-refractivity contribution in [1.82, 2.24) is 5.32 Å². The molecular formula is C36H30NO5P. The van der Waals surface area contributed by atoms with Crippen LogP contribution in [0.15, 0.2) is 146 Å². The first-order valence-corrected chi connectivity index (χ1v) is 15.5. The van der Waals surface area contributed by atoms with Crippen LogP contribution in [0.25, 0.3) is 21.5 Å². The maximum absolute atomic E-state index is 13.9. The number of fused-ring (bicyclic) bond motifs is 2. The van der Waals surface area contributed by atoms with Crippen molar-refractivity contribution >= 4 is 35.3 Å². The Morgan fingerprint density at radius 2 is 1.12 bits per heavy atom. The third kappa shape index (κ3) is 7.31. The topological polar surface area (TPSA) is 73.9 Å². The van der Waals surface area contributed by atoms with Gasteiger partial charge >= 0.3 is 7.82 Å². The van der Waals surface area contributed by atoms with E-state index in [2.05, 4.69) is 29.6 Å². The van der Waals surface area contributed by atoms with Crippen LogP contribution in [-0.4, -0.2) is 18.6 Å². The zero-order chi connectivity index (χ0) is 29.5. The molecule has 0 unspecified atom stereocenters. The first kappa shape index (κ1) is 28.2. The van der Waals surface area contributed by atoms with Gasteiger partial charge in [-0.3, -0.25) is 9.32 Å². The number of amides is 1. The molecule has 0 aliphatic carbocycles. The molecule has 0 aliphatic heterocycles. The van der Waals surface area contributed by atoms with Gasteiger partial charge in [-0.1, -0.05) is 97.1 Å². The van der Waals surface area contributed by atoms with Crippen molar-refractivity contribution in [2.24, 2.45) is 0 Å². The van der Waals surface area contributed by atoms with Crippen LogP contribution >= 0.6 is 7.82 Å². The highest BCUT2D eigenvalue weighted by molar-refractivity contribution is 7.49. The van der Waals surface area contributed by atoms with Crippen molar-refractivity contribution in [2.75, 3.05) is 6.61 Å². The van der Waals surface area contributed by atoms with Crippen molar-refractivity contribution in [3.8, 4) is 11.5 Å². The third-order valence-corrected chi connectivity index (χ3v) is 8.32. The average Bonchev–Trinajstić information content (AvgIpc) is 3.04. The lowest BCUT2D eigenvalue weighted by atomic mass is 10.0. The summed E-state index contributed by atoms with van der Waals surface area (Å²) in [5.41, 5.74) is 1.51. The molecule has 0 spiro atoms. The fourth-order valence-electron chi connectivity index (χ4n) is 4.87. The Kier molecular flexibility index (Phi) is 8.50. The van der Waals surface area contributed by atoms with Gasteiger partial charge in [0.2, 0.25) is 0 Å². The molecule has 0 bridgehead atoms. The number of hydrogen-bond donors (Lipinski definition) is 1. The van der Waals surface area contributed by atoms with Crippen LogP contribution in [0.3, 0.4) is 0 Å². The molecule has 214 valence electrons. The van der Waals surface area contributed by atoms with Crippen LogP contribution < -0.4 is 14.4 Å². The minimum absolute atomic E-state index is 0.115. The number of phosphoric ester groups is 1. The van der Waals surface area contributed by atoms with E-state index in [0.717, 1.165) is 27.1 Å². The third-order valence-electron chi connectivity index (χ3n) is 6.98.